The highest BCUT2D eigenvalue weighted by atomic mass is 15.1. The van der Waals surface area contributed by atoms with Gasteiger partial charge in [0.15, 0.2) is 0 Å². The molecule has 21 heavy (non-hydrogen) atoms. The second-order valence-electron chi connectivity index (χ2n) is 5.04. The van der Waals surface area contributed by atoms with Gasteiger partial charge in [-0.2, -0.15) is 0 Å². The number of hydrogen-bond donors (Lipinski definition) is 2. The van der Waals surface area contributed by atoms with Gasteiger partial charge >= 0.3 is 0 Å². The van der Waals surface area contributed by atoms with Crippen LogP contribution in [0.15, 0.2) is 18.7 Å². The van der Waals surface area contributed by atoms with Gasteiger partial charge in [-0.05, 0) is 19.8 Å². The van der Waals surface area contributed by atoms with Crippen molar-refractivity contribution in [3.05, 3.63) is 30.1 Å². The molecule has 2 aromatic heterocycles. The van der Waals surface area contributed by atoms with Crippen LogP contribution in [0.2, 0.25) is 0 Å². The molecular weight excluding hydrogens is 264 g/mol. The van der Waals surface area contributed by atoms with E-state index in [1.165, 1.54) is 0 Å². The quantitative estimate of drug-likeness (QED) is 0.730. The van der Waals surface area contributed by atoms with Crippen LogP contribution in [0.3, 0.4) is 0 Å². The minimum atomic E-state index is 0.880. The van der Waals surface area contributed by atoms with Crippen LogP contribution in [0.25, 0.3) is 0 Å². The van der Waals surface area contributed by atoms with Crippen LogP contribution in [0.4, 0.5) is 11.6 Å². The first-order valence-electron chi connectivity index (χ1n) is 7.49. The number of aryl methyl sites for hydroxylation is 2. The molecule has 6 heteroatoms. The summed E-state index contributed by atoms with van der Waals surface area (Å²) in [5.41, 5.74) is 1.07. The molecule has 0 saturated carbocycles. The molecule has 2 N–H and O–H groups in total. The van der Waals surface area contributed by atoms with E-state index >= 15 is 0 Å². The van der Waals surface area contributed by atoms with Crippen molar-refractivity contribution in [2.45, 2.75) is 39.7 Å². The second kappa shape index (κ2) is 7.61. The molecule has 0 bridgehead atoms. The maximum Gasteiger partial charge on any atom is 0.134 e. The molecular formula is C15H24N6. The van der Waals surface area contributed by atoms with E-state index < -0.39 is 0 Å². The fraction of sp³-hybridized carbons (Fsp3) is 0.533. The molecule has 114 valence electrons. The first kappa shape index (κ1) is 15.3. The standard InChI is InChI=1S/C15H24N6/c1-4-6-13-19-14(16-3)12(2)15(20-13)18-7-5-9-21-10-8-17-11-21/h8,10-11H,4-7,9H2,1-3H3,(H2,16,18,19,20). The molecule has 0 fully saturated rings. The fourth-order valence-electron chi connectivity index (χ4n) is 2.20. The van der Waals surface area contributed by atoms with E-state index in [9.17, 15) is 0 Å². The molecule has 0 atom stereocenters. The highest BCUT2D eigenvalue weighted by Gasteiger charge is 2.09. The summed E-state index contributed by atoms with van der Waals surface area (Å²) < 4.78 is 2.08. The number of nitrogens with one attached hydrogen (secondary N) is 2. The summed E-state index contributed by atoms with van der Waals surface area (Å²) in [4.78, 5) is 13.2. The van der Waals surface area contributed by atoms with E-state index in [2.05, 4.69) is 37.1 Å². The Labute approximate surface area is 126 Å². The summed E-state index contributed by atoms with van der Waals surface area (Å²) >= 11 is 0. The number of hydrogen-bond acceptors (Lipinski definition) is 5. The van der Waals surface area contributed by atoms with E-state index in [0.717, 1.165) is 55.4 Å². The van der Waals surface area contributed by atoms with Crippen molar-refractivity contribution >= 4 is 11.6 Å². The summed E-state index contributed by atoms with van der Waals surface area (Å²) in [6.07, 6.45) is 8.60. The maximum atomic E-state index is 4.62. The van der Waals surface area contributed by atoms with E-state index in [0.29, 0.717) is 0 Å². The number of imidazole rings is 1. The minimum Gasteiger partial charge on any atom is -0.373 e. The van der Waals surface area contributed by atoms with Crippen LogP contribution in [-0.4, -0.2) is 33.1 Å². The van der Waals surface area contributed by atoms with E-state index in [4.69, 9.17) is 0 Å². The van der Waals surface area contributed by atoms with E-state index in [1.807, 2.05) is 26.5 Å². The van der Waals surface area contributed by atoms with Crippen LogP contribution in [0, 0.1) is 6.92 Å². The summed E-state index contributed by atoms with van der Waals surface area (Å²) in [7, 11) is 1.90. The van der Waals surface area contributed by atoms with Crippen molar-refractivity contribution in [3.8, 4) is 0 Å². The Balaban J connectivity index is 1.96. The molecule has 2 rings (SSSR count). The maximum absolute atomic E-state index is 4.62. The summed E-state index contributed by atoms with van der Waals surface area (Å²) in [5, 5.41) is 6.57. The molecule has 0 aliphatic rings. The largest absolute Gasteiger partial charge is 0.373 e. The summed E-state index contributed by atoms with van der Waals surface area (Å²) in [6, 6.07) is 0. The highest BCUT2D eigenvalue weighted by Crippen LogP contribution is 2.20. The van der Waals surface area contributed by atoms with Crippen molar-refractivity contribution in [1.29, 1.82) is 0 Å². The summed E-state index contributed by atoms with van der Waals surface area (Å²) in [6.45, 7) is 6.02. The minimum absolute atomic E-state index is 0.880. The third kappa shape index (κ3) is 4.18. The average Bonchev–Trinajstić information content (AvgIpc) is 2.99. The zero-order chi connectivity index (χ0) is 15.1. The van der Waals surface area contributed by atoms with Crippen molar-refractivity contribution in [1.82, 2.24) is 19.5 Å². The van der Waals surface area contributed by atoms with Gasteiger partial charge in [0.2, 0.25) is 0 Å². The van der Waals surface area contributed by atoms with Gasteiger partial charge in [-0.15, -0.1) is 0 Å². The summed E-state index contributed by atoms with van der Waals surface area (Å²) in [5.74, 6) is 2.73. The van der Waals surface area contributed by atoms with Gasteiger partial charge in [0.25, 0.3) is 0 Å². The topological polar surface area (TPSA) is 67.7 Å². The Bertz CT molecular complexity index is 550. The smallest absolute Gasteiger partial charge is 0.134 e. The van der Waals surface area contributed by atoms with E-state index in [-0.39, 0.29) is 0 Å². The Kier molecular flexibility index (Phi) is 5.54. The predicted molar refractivity (Wildman–Crippen MR) is 85.6 cm³/mol. The van der Waals surface area contributed by atoms with Crippen LogP contribution in [0.5, 0.6) is 0 Å². The molecule has 0 amide bonds. The molecule has 0 saturated heterocycles. The molecule has 0 radical (unpaired) electrons. The van der Waals surface area contributed by atoms with Gasteiger partial charge in [0.1, 0.15) is 17.5 Å². The van der Waals surface area contributed by atoms with Crippen molar-refractivity contribution in [3.63, 3.8) is 0 Å². The van der Waals surface area contributed by atoms with Gasteiger partial charge in [-0.1, -0.05) is 6.92 Å². The lowest BCUT2D eigenvalue weighted by molar-refractivity contribution is 0.659. The molecule has 0 aliphatic heterocycles. The molecule has 2 heterocycles. The number of rotatable bonds is 8. The van der Waals surface area contributed by atoms with Crippen LogP contribution in [0.1, 0.15) is 31.2 Å². The number of nitrogens with zero attached hydrogens (tertiary/aromatic N) is 4. The van der Waals surface area contributed by atoms with Crippen molar-refractivity contribution < 1.29 is 0 Å². The highest BCUT2D eigenvalue weighted by molar-refractivity contribution is 5.56. The average molecular weight is 288 g/mol. The van der Waals surface area contributed by atoms with Crippen LogP contribution in [-0.2, 0) is 13.0 Å². The Hall–Kier alpha value is -2.11. The van der Waals surface area contributed by atoms with Gasteiger partial charge in [-0.25, -0.2) is 15.0 Å². The monoisotopic (exact) mass is 288 g/mol. The lowest BCUT2D eigenvalue weighted by Crippen LogP contribution is -2.12. The molecule has 6 nitrogen and oxygen atoms in total. The van der Waals surface area contributed by atoms with Gasteiger partial charge < -0.3 is 15.2 Å². The Morgan fingerprint density at radius 2 is 2.05 bits per heavy atom. The molecule has 0 aromatic carbocycles. The predicted octanol–water partition coefficient (Wildman–Crippen LogP) is 2.48. The van der Waals surface area contributed by atoms with Crippen molar-refractivity contribution in [2.24, 2.45) is 0 Å². The van der Waals surface area contributed by atoms with Gasteiger partial charge in [-0.3, -0.25) is 0 Å². The third-order valence-electron chi connectivity index (χ3n) is 3.35. The van der Waals surface area contributed by atoms with Crippen LogP contribution >= 0.6 is 0 Å². The molecule has 0 spiro atoms. The number of anilines is 2. The second-order valence-corrected chi connectivity index (χ2v) is 5.04. The SMILES string of the molecule is CCCc1nc(NC)c(C)c(NCCCn2ccnc2)n1. The fourth-order valence-corrected chi connectivity index (χ4v) is 2.20. The van der Waals surface area contributed by atoms with Crippen LogP contribution < -0.4 is 10.6 Å². The van der Waals surface area contributed by atoms with Gasteiger partial charge in [0, 0.05) is 44.5 Å². The first-order valence-corrected chi connectivity index (χ1v) is 7.49. The molecule has 0 unspecified atom stereocenters. The number of aromatic nitrogens is 4. The Morgan fingerprint density at radius 1 is 1.24 bits per heavy atom. The third-order valence-corrected chi connectivity index (χ3v) is 3.35. The molecule has 2 aromatic rings. The normalized spacial score (nSPS) is 10.6. The lowest BCUT2D eigenvalue weighted by Gasteiger charge is -2.13. The van der Waals surface area contributed by atoms with E-state index in [1.54, 1.807) is 6.20 Å². The lowest BCUT2D eigenvalue weighted by atomic mass is 10.2. The van der Waals surface area contributed by atoms with Crippen molar-refractivity contribution in [2.75, 3.05) is 24.2 Å². The van der Waals surface area contributed by atoms with Gasteiger partial charge in [0.05, 0.1) is 6.33 Å². The zero-order valence-corrected chi connectivity index (χ0v) is 13.1. The Morgan fingerprint density at radius 3 is 2.71 bits per heavy atom. The zero-order valence-electron chi connectivity index (χ0n) is 13.1. The first-order chi connectivity index (χ1) is 10.2. The molecule has 0 aliphatic carbocycles.